The summed E-state index contributed by atoms with van der Waals surface area (Å²) in [6.45, 7) is 5.52. The quantitative estimate of drug-likeness (QED) is 0.780. The van der Waals surface area contributed by atoms with E-state index in [1.807, 2.05) is 44.2 Å². The molecule has 2 aromatic rings. The van der Waals surface area contributed by atoms with Gasteiger partial charge in [0.1, 0.15) is 5.75 Å². The van der Waals surface area contributed by atoms with Gasteiger partial charge in [0.05, 0.1) is 18.9 Å². The Morgan fingerprint density at radius 2 is 1.79 bits per heavy atom. The van der Waals surface area contributed by atoms with Crippen LogP contribution in [0.1, 0.15) is 34.6 Å². The van der Waals surface area contributed by atoms with Gasteiger partial charge in [-0.2, -0.15) is 0 Å². The predicted octanol–water partition coefficient (Wildman–Crippen LogP) is 2.50. The van der Waals surface area contributed by atoms with Crippen LogP contribution in [0, 0.1) is 19.8 Å². The normalized spacial score (nSPS) is 16.0. The molecule has 2 heterocycles. The molecule has 0 saturated carbocycles. The lowest BCUT2D eigenvalue weighted by molar-refractivity contribution is 0.0941. The Morgan fingerprint density at radius 3 is 2.34 bits per heavy atom. The standard InChI is InChI=1S/C21H29N3O4S/c1-15-13-20(16(2)24(15)18-5-7-19(28-3)8-6-18)21(25)22-14-17-9-11-23(12-10-17)29(4,26)27/h5-8,13,17H,9-12,14H2,1-4H3,(H,22,25). The molecule has 0 aliphatic carbocycles. The van der Waals surface area contributed by atoms with E-state index >= 15 is 0 Å². The Labute approximate surface area is 172 Å². The molecule has 1 aliphatic heterocycles. The first-order valence-electron chi connectivity index (χ1n) is 9.77. The number of carbonyl (C=O) groups excluding carboxylic acids is 1. The van der Waals surface area contributed by atoms with Gasteiger partial charge in [0.25, 0.3) is 5.91 Å². The highest BCUT2D eigenvalue weighted by molar-refractivity contribution is 7.88. The maximum absolute atomic E-state index is 12.8. The molecule has 8 heteroatoms. The Bertz CT molecular complexity index is 972. The Hall–Kier alpha value is -2.32. The van der Waals surface area contributed by atoms with Gasteiger partial charge < -0.3 is 14.6 Å². The van der Waals surface area contributed by atoms with Crippen molar-refractivity contribution < 1.29 is 17.9 Å². The Balaban J connectivity index is 1.64. The maximum Gasteiger partial charge on any atom is 0.253 e. The molecule has 3 rings (SSSR count). The summed E-state index contributed by atoms with van der Waals surface area (Å²) >= 11 is 0. The van der Waals surface area contributed by atoms with E-state index in [0.29, 0.717) is 31.1 Å². The fourth-order valence-corrected chi connectivity index (χ4v) is 4.77. The summed E-state index contributed by atoms with van der Waals surface area (Å²) in [6, 6.07) is 9.64. The summed E-state index contributed by atoms with van der Waals surface area (Å²) in [5.41, 5.74) is 3.51. The van der Waals surface area contributed by atoms with Crippen molar-refractivity contribution in [1.29, 1.82) is 0 Å². The van der Waals surface area contributed by atoms with Crippen molar-refractivity contribution >= 4 is 15.9 Å². The van der Waals surface area contributed by atoms with Gasteiger partial charge in [0.15, 0.2) is 0 Å². The molecule has 7 nitrogen and oxygen atoms in total. The minimum atomic E-state index is -3.13. The van der Waals surface area contributed by atoms with Crippen LogP contribution in [0.5, 0.6) is 5.75 Å². The van der Waals surface area contributed by atoms with E-state index in [9.17, 15) is 13.2 Å². The van der Waals surface area contributed by atoms with Crippen LogP contribution in [0.15, 0.2) is 30.3 Å². The van der Waals surface area contributed by atoms with Crippen molar-refractivity contribution in [3.63, 3.8) is 0 Å². The number of sulfonamides is 1. The molecule has 0 bridgehead atoms. The van der Waals surface area contributed by atoms with Gasteiger partial charge in [-0.3, -0.25) is 4.79 Å². The summed E-state index contributed by atoms with van der Waals surface area (Å²) in [5, 5.41) is 3.03. The molecule has 1 aromatic heterocycles. The van der Waals surface area contributed by atoms with Crippen molar-refractivity contribution in [1.82, 2.24) is 14.2 Å². The Morgan fingerprint density at radius 1 is 1.17 bits per heavy atom. The topological polar surface area (TPSA) is 80.6 Å². The highest BCUT2D eigenvalue weighted by Crippen LogP contribution is 2.23. The molecule has 0 radical (unpaired) electrons. The SMILES string of the molecule is COc1ccc(-n2c(C)cc(C(=O)NCC3CCN(S(C)(=O)=O)CC3)c2C)cc1. The average molecular weight is 420 g/mol. The van der Waals surface area contributed by atoms with E-state index in [4.69, 9.17) is 4.74 Å². The van der Waals surface area contributed by atoms with E-state index in [0.717, 1.165) is 35.7 Å². The number of benzene rings is 1. The number of aromatic nitrogens is 1. The molecule has 1 fully saturated rings. The molecular formula is C21H29N3O4S. The largest absolute Gasteiger partial charge is 0.497 e. The van der Waals surface area contributed by atoms with Crippen LogP contribution in [0.3, 0.4) is 0 Å². The van der Waals surface area contributed by atoms with Crippen LogP contribution in [0.25, 0.3) is 5.69 Å². The molecule has 1 aromatic carbocycles. The van der Waals surface area contributed by atoms with Gasteiger partial charge in [-0.25, -0.2) is 12.7 Å². The third-order valence-electron chi connectivity index (χ3n) is 5.60. The van der Waals surface area contributed by atoms with E-state index < -0.39 is 10.0 Å². The molecule has 158 valence electrons. The summed E-state index contributed by atoms with van der Waals surface area (Å²) in [4.78, 5) is 12.8. The fourth-order valence-electron chi connectivity index (χ4n) is 3.90. The second-order valence-electron chi connectivity index (χ2n) is 7.63. The lowest BCUT2D eigenvalue weighted by Crippen LogP contribution is -2.41. The number of nitrogens with one attached hydrogen (secondary N) is 1. The number of aryl methyl sites for hydroxylation is 1. The van der Waals surface area contributed by atoms with Gasteiger partial charge in [-0.05, 0) is 62.9 Å². The average Bonchev–Trinajstić information content (AvgIpc) is 3.00. The number of methoxy groups -OCH3 is 1. The Kier molecular flexibility index (Phi) is 6.33. The molecule has 0 spiro atoms. The highest BCUT2D eigenvalue weighted by atomic mass is 32.2. The van der Waals surface area contributed by atoms with Crippen molar-refractivity contribution in [2.45, 2.75) is 26.7 Å². The first-order valence-corrected chi connectivity index (χ1v) is 11.6. The van der Waals surface area contributed by atoms with Crippen LogP contribution in [0.4, 0.5) is 0 Å². The van der Waals surface area contributed by atoms with Crippen LogP contribution in [-0.2, 0) is 10.0 Å². The molecule has 1 aliphatic rings. The lowest BCUT2D eigenvalue weighted by atomic mass is 9.98. The van der Waals surface area contributed by atoms with Crippen molar-refractivity contribution in [3.05, 3.63) is 47.3 Å². The van der Waals surface area contributed by atoms with E-state index in [1.165, 1.54) is 10.6 Å². The molecular weight excluding hydrogens is 390 g/mol. The maximum atomic E-state index is 12.8. The third-order valence-corrected chi connectivity index (χ3v) is 6.90. The summed E-state index contributed by atoms with van der Waals surface area (Å²) in [5.74, 6) is 0.988. The van der Waals surface area contributed by atoms with E-state index in [2.05, 4.69) is 9.88 Å². The van der Waals surface area contributed by atoms with Gasteiger partial charge in [0.2, 0.25) is 10.0 Å². The second-order valence-corrected chi connectivity index (χ2v) is 9.62. The van der Waals surface area contributed by atoms with Crippen LogP contribution in [0.2, 0.25) is 0 Å². The first kappa shape index (κ1) is 21.4. The predicted molar refractivity (Wildman–Crippen MR) is 113 cm³/mol. The van der Waals surface area contributed by atoms with E-state index in [-0.39, 0.29) is 5.91 Å². The number of hydrogen-bond donors (Lipinski definition) is 1. The molecule has 1 saturated heterocycles. The minimum absolute atomic E-state index is 0.0941. The van der Waals surface area contributed by atoms with Gasteiger partial charge in [-0.15, -0.1) is 0 Å². The van der Waals surface area contributed by atoms with E-state index in [1.54, 1.807) is 7.11 Å². The molecule has 29 heavy (non-hydrogen) atoms. The highest BCUT2D eigenvalue weighted by Gasteiger charge is 2.25. The monoisotopic (exact) mass is 419 g/mol. The van der Waals surface area contributed by atoms with Gasteiger partial charge in [-0.1, -0.05) is 0 Å². The number of rotatable bonds is 6. The lowest BCUT2D eigenvalue weighted by Gasteiger charge is -2.30. The molecule has 0 atom stereocenters. The van der Waals surface area contributed by atoms with Crippen LogP contribution in [-0.4, -0.2) is 56.2 Å². The van der Waals surface area contributed by atoms with Crippen molar-refractivity contribution in [2.24, 2.45) is 5.92 Å². The summed E-state index contributed by atoms with van der Waals surface area (Å²) < 4.78 is 32.0. The number of piperidine rings is 1. The van der Waals surface area contributed by atoms with Crippen molar-refractivity contribution in [2.75, 3.05) is 33.0 Å². The minimum Gasteiger partial charge on any atom is -0.497 e. The summed E-state index contributed by atoms with van der Waals surface area (Å²) in [7, 11) is -1.49. The number of ether oxygens (including phenoxy) is 1. The number of hydrogen-bond acceptors (Lipinski definition) is 4. The zero-order chi connectivity index (χ0) is 21.2. The van der Waals surface area contributed by atoms with Gasteiger partial charge >= 0.3 is 0 Å². The van der Waals surface area contributed by atoms with Gasteiger partial charge in [0, 0.05) is 36.7 Å². The first-order chi connectivity index (χ1) is 13.7. The number of nitrogens with zero attached hydrogens (tertiary/aromatic N) is 2. The van der Waals surface area contributed by atoms with Crippen LogP contribution < -0.4 is 10.1 Å². The zero-order valence-corrected chi connectivity index (χ0v) is 18.3. The zero-order valence-electron chi connectivity index (χ0n) is 17.4. The van der Waals surface area contributed by atoms with Crippen LogP contribution >= 0.6 is 0 Å². The van der Waals surface area contributed by atoms with Crippen molar-refractivity contribution in [3.8, 4) is 11.4 Å². The molecule has 0 unspecified atom stereocenters. The second kappa shape index (κ2) is 8.59. The number of carbonyl (C=O) groups is 1. The number of amides is 1. The smallest absolute Gasteiger partial charge is 0.253 e. The molecule has 1 amide bonds. The third kappa shape index (κ3) is 4.82. The fraction of sp³-hybridized carbons (Fsp3) is 0.476. The molecule has 1 N–H and O–H groups in total. The summed E-state index contributed by atoms with van der Waals surface area (Å²) in [6.07, 6.45) is 2.77.